The molecule has 1 aliphatic heterocycles. The maximum absolute atomic E-state index is 16.0. The molecule has 0 N–H and O–H groups in total. The molecular weight excluding hydrogens is 691 g/mol. The first-order chi connectivity index (χ1) is 25.0. The monoisotopic (exact) mass is 719 g/mol. The van der Waals surface area contributed by atoms with Crippen LogP contribution < -0.4 is 14.4 Å². The number of allylic oxidation sites excluding steroid dienone is 2. The Bertz CT molecular complexity index is 2160. The lowest BCUT2D eigenvalue weighted by Crippen LogP contribution is -2.45. The van der Waals surface area contributed by atoms with E-state index in [0.29, 0.717) is 44.9 Å². The molecule has 2 amide bonds. The number of methoxy groups -OCH3 is 2. The summed E-state index contributed by atoms with van der Waals surface area (Å²) in [5, 5.41) is -0.572. The number of Topliss-reactive ketones (excluding diaryl/α,β-unsaturated/α-hetero) is 1. The summed E-state index contributed by atoms with van der Waals surface area (Å²) in [5.74, 6) is -3.43. The predicted octanol–water partition coefficient (Wildman–Crippen LogP) is 8.56. The summed E-state index contributed by atoms with van der Waals surface area (Å²) in [7, 11) is 3.08. The van der Waals surface area contributed by atoms with Crippen molar-refractivity contribution in [3.05, 3.63) is 160 Å². The Morgan fingerprint density at radius 1 is 0.615 bits per heavy atom. The fourth-order valence-electron chi connectivity index (χ4n) is 8.76. The van der Waals surface area contributed by atoms with Crippen LogP contribution in [0.5, 0.6) is 11.5 Å². The Labute approximate surface area is 302 Å². The second-order valence-electron chi connectivity index (χ2n) is 13.0. The Morgan fingerprint density at radius 2 is 1.04 bits per heavy atom. The van der Waals surface area contributed by atoms with Crippen LogP contribution >= 0.6 is 11.6 Å². The van der Waals surface area contributed by atoms with Crippen molar-refractivity contribution in [2.75, 3.05) is 19.1 Å². The van der Waals surface area contributed by atoms with Gasteiger partial charge in [-0.25, -0.2) is 4.90 Å². The summed E-state index contributed by atoms with van der Waals surface area (Å²) in [6.45, 7) is 0. The van der Waals surface area contributed by atoms with Crippen molar-refractivity contribution >= 4 is 46.0 Å². The fourth-order valence-corrected chi connectivity index (χ4v) is 8.99. The number of rotatable bonds is 7. The molecule has 1 saturated heterocycles. The zero-order chi connectivity index (χ0) is 36.6. The molecule has 8 rings (SSSR count). The third-order valence-electron chi connectivity index (χ3n) is 10.7. The number of anilines is 1. The molecule has 2 aliphatic carbocycles. The fraction of sp³-hybridized carbons (Fsp3) is 0.167. The number of imide groups is 1. The first-order valence-corrected chi connectivity index (χ1v) is 16.8. The largest absolute Gasteiger partial charge is 0.497 e. The Hall–Kier alpha value is -5.67. The van der Waals surface area contributed by atoms with E-state index in [1.807, 2.05) is 24.3 Å². The van der Waals surface area contributed by atoms with Crippen molar-refractivity contribution in [3.8, 4) is 11.5 Å². The molecule has 0 spiro atoms. The van der Waals surface area contributed by atoms with Gasteiger partial charge in [0, 0.05) is 0 Å². The summed E-state index contributed by atoms with van der Waals surface area (Å²) < 4.78 is 53.3. The normalized spacial score (nSPS) is 23.7. The van der Waals surface area contributed by atoms with Gasteiger partial charge in [-0.1, -0.05) is 96.5 Å². The Kier molecular flexibility index (Phi) is 7.69. The van der Waals surface area contributed by atoms with Crippen molar-refractivity contribution < 1.29 is 37.0 Å². The van der Waals surface area contributed by atoms with Gasteiger partial charge in [-0.3, -0.25) is 14.4 Å². The molecule has 2 bridgehead atoms. The molecule has 3 aliphatic rings. The Balaban J connectivity index is 1.51. The number of carbonyl (C=O) groups is 3. The highest BCUT2D eigenvalue weighted by molar-refractivity contribution is 6.39. The van der Waals surface area contributed by atoms with Crippen LogP contribution in [0.25, 0.3) is 11.1 Å². The van der Waals surface area contributed by atoms with E-state index in [2.05, 4.69) is 0 Å². The van der Waals surface area contributed by atoms with Crippen LogP contribution in [0, 0.1) is 11.8 Å². The number of ether oxygens (including phenoxy) is 2. The number of halogens is 4. The Morgan fingerprint density at radius 3 is 1.42 bits per heavy atom. The van der Waals surface area contributed by atoms with Gasteiger partial charge in [0.2, 0.25) is 11.8 Å². The third kappa shape index (κ3) is 4.41. The molecule has 5 aromatic carbocycles. The lowest BCUT2D eigenvalue weighted by molar-refractivity contribution is -0.137. The number of fused-ring (bicyclic) bond motifs is 5. The average Bonchev–Trinajstić information content (AvgIpc) is 3.67. The number of benzene rings is 5. The number of nitrogens with zero attached hydrogens (tertiary/aromatic N) is 1. The van der Waals surface area contributed by atoms with Crippen LogP contribution in [0.15, 0.2) is 127 Å². The van der Waals surface area contributed by atoms with Crippen LogP contribution in [0.2, 0.25) is 5.02 Å². The average molecular weight is 720 g/mol. The van der Waals surface area contributed by atoms with Crippen molar-refractivity contribution in [1.82, 2.24) is 0 Å². The molecule has 0 radical (unpaired) electrons. The summed E-state index contributed by atoms with van der Waals surface area (Å²) in [4.78, 5) is 47.1. The minimum absolute atomic E-state index is 0.281. The number of carbonyl (C=O) groups excluding carboxylic acids is 3. The lowest BCUT2D eigenvalue weighted by atomic mass is 9.59. The van der Waals surface area contributed by atoms with E-state index >= 15 is 14.4 Å². The molecule has 0 unspecified atom stereocenters. The standard InChI is InChI=1S/C42H29ClF3NO5/c1-51-29-18-13-24(14-19-29)33-34(25-15-20-30(52-2)21-16-25)41(27-11-7-4-8-12-27)36-35(40(33,39(41)50)26-9-5-3-6-10-26)37(48)47(38(36)49)28-17-22-32(43)31(23-28)42(44,45)46/h3-23,35-36H,1-2H3/t35-,36-,40-,41+/m1/s1. The summed E-state index contributed by atoms with van der Waals surface area (Å²) in [6.07, 6.45) is -4.86. The van der Waals surface area contributed by atoms with Crippen LogP contribution in [0.4, 0.5) is 18.9 Å². The minimum atomic E-state index is -4.86. The molecule has 0 aromatic heterocycles. The van der Waals surface area contributed by atoms with Gasteiger partial charge in [0.25, 0.3) is 0 Å². The quantitative estimate of drug-likeness (QED) is 0.158. The van der Waals surface area contributed by atoms with Crippen molar-refractivity contribution in [3.63, 3.8) is 0 Å². The molecule has 4 atom stereocenters. The van der Waals surface area contributed by atoms with E-state index in [1.54, 1.807) is 84.9 Å². The number of amides is 2. The first kappa shape index (κ1) is 33.5. The van der Waals surface area contributed by atoms with Gasteiger partial charge in [0.05, 0.1) is 53.2 Å². The summed E-state index contributed by atoms with van der Waals surface area (Å²) in [5.41, 5.74) is -1.71. The highest BCUT2D eigenvalue weighted by Gasteiger charge is 2.82. The van der Waals surface area contributed by atoms with Gasteiger partial charge in [0.1, 0.15) is 11.5 Å². The smallest absolute Gasteiger partial charge is 0.417 e. The molecule has 6 nitrogen and oxygen atoms in total. The van der Waals surface area contributed by atoms with E-state index in [9.17, 15) is 13.2 Å². The van der Waals surface area contributed by atoms with Gasteiger partial charge < -0.3 is 9.47 Å². The van der Waals surface area contributed by atoms with Crippen LogP contribution in [-0.4, -0.2) is 31.8 Å². The number of ketones is 1. The van der Waals surface area contributed by atoms with Gasteiger partial charge >= 0.3 is 6.18 Å². The van der Waals surface area contributed by atoms with Gasteiger partial charge in [-0.15, -0.1) is 0 Å². The third-order valence-corrected chi connectivity index (χ3v) is 11.1. The molecular formula is C42H29ClF3NO5. The van der Waals surface area contributed by atoms with E-state index < -0.39 is 51.2 Å². The molecule has 260 valence electrons. The second kappa shape index (κ2) is 12.0. The highest BCUT2D eigenvalue weighted by Crippen LogP contribution is 2.74. The second-order valence-corrected chi connectivity index (χ2v) is 13.4. The van der Waals surface area contributed by atoms with Crippen molar-refractivity contribution in [2.45, 2.75) is 17.0 Å². The lowest BCUT2D eigenvalue weighted by Gasteiger charge is -2.39. The maximum atomic E-state index is 16.0. The zero-order valence-electron chi connectivity index (χ0n) is 27.8. The number of hydrogen-bond donors (Lipinski definition) is 0. The molecule has 1 saturated carbocycles. The molecule has 5 aromatic rings. The molecule has 2 fully saturated rings. The van der Waals surface area contributed by atoms with Gasteiger partial charge in [0.15, 0.2) is 5.78 Å². The summed E-state index contributed by atoms with van der Waals surface area (Å²) >= 11 is 5.98. The minimum Gasteiger partial charge on any atom is -0.497 e. The van der Waals surface area contributed by atoms with E-state index in [0.717, 1.165) is 17.0 Å². The molecule has 1 heterocycles. The highest BCUT2D eigenvalue weighted by atomic mass is 35.5. The van der Waals surface area contributed by atoms with Crippen LogP contribution in [0.3, 0.4) is 0 Å². The maximum Gasteiger partial charge on any atom is 0.417 e. The number of hydrogen-bond acceptors (Lipinski definition) is 5. The van der Waals surface area contributed by atoms with Crippen LogP contribution in [0.1, 0.15) is 27.8 Å². The number of alkyl halides is 3. The molecule has 52 heavy (non-hydrogen) atoms. The first-order valence-electron chi connectivity index (χ1n) is 16.5. The van der Waals surface area contributed by atoms with Crippen molar-refractivity contribution in [1.29, 1.82) is 0 Å². The summed E-state index contributed by atoms with van der Waals surface area (Å²) in [6, 6.07) is 35.0. The SMILES string of the molecule is COc1ccc(C2=C(c3ccc(OC)cc3)[C@@]3(c4ccccc4)C(=O)[C@]2(c2ccccc2)[C@H]2C(=O)N(c4ccc(Cl)c(C(F)(F)F)c4)C(=O)[C@@H]23)cc1. The van der Waals surface area contributed by atoms with Gasteiger partial charge in [-0.05, 0) is 75.9 Å². The van der Waals surface area contributed by atoms with E-state index in [-0.39, 0.29) is 11.5 Å². The molecule has 10 heteroatoms. The van der Waals surface area contributed by atoms with E-state index in [4.69, 9.17) is 21.1 Å². The van der Waals surface area contributed by atoms with E-state index in [1.165, 1.54) is 20.3 Å². The zero-order valence-corrected chi connectivity index (χ0v) is 28.5. The van der Waals surface area contributed by atoms with Gasteiger partial charge in [-0.2, -0.15) is 13.2 Å². The van der Waals surface area contributed by atoms with Crippen molar-refractivity contribution in [2.24, 2.45) is 11.8 Å². The van der Waals surface area contributed by atoms with Crippen LogP contribution in [-0.2, 0) is 31.4 Å². The topological polar surface area (TPSA) is 72.9 Å². The predicted molar refractivity (Wildman–Crippen MR) is 190 cm³/mol.